The third kappa shape index (κ3) is 4.96. The fourth-order valence-electron chi connectivity index (χ4n) is 3.70. The molecule has 2 unspecified atom stereocenters. The largest absolute Gasteiger partial charge is 0.352 e. The molecule has 0 spiro atoms. The van der Waals surface area contributed by atoms with Crippen LogP contribution in [0.2, 0.25) is 0 Å². The van der Waals surface area contributed by atoms with Crippen molar-refractivity contribution in [3.63, 3.8) is 0 Å². The Kier molecular flexibility index (Phi) is 6.49. The van der Waals surface area contributed by atoms with Crippen LogP contribution in [0.15, 0.2) is 0 Å². The standard InChI is InChI=1S/C17H33N3O/c1-13(2)20(12-16-10-7-11-18-16)14(3)17(21)19-15-8-5-4-6-9-15/h13-16,18H,4-12H2,1-3H3,(H,19,21). The first-order valence-electron chi connectivity index (χ1n) is 8.87. The van der Waals surface area contributed by atoms with E-state index in [1.54, 1.807) is 0 Å². The predicted octanol–water partition coefficient (Wildman–Crippen LogP) is 2.29. The molecule has 2 atom stereocenters. The van der Waals surface area contributed by atoms with E-state index in [0.717, 1.165) is 25.9 Å². The maximum Gasteiger partial charge on any atom is 0.237 e. The SMILES string of the molecule is CC(C)N(CC1CCCN1)C(C)C(=O)NC1CCCCC1. The van der Waals surface area contributed by atoms with Crippen LogP contribution in [0.25, 0.3) is 0 Å². The fraction of sp³-hybridized carbons (Fsp3) is 0.941. The van der Waals surface area contributed by atoms with Gasteiger partial charge in [0, 0.05) is 24.7 Å². The van der Waals surface area contributed by atoms with Gasteiger partial charge in [-0.2, -0.15) is 0 Å². The second kappa shape index (κ2) is 8.14. The zero-order valence-electron chi connectivity index (χ0n) is 14.0. The lowest BCUT2D eigenvalue weighted by Crippen LogP contribution is -2.53. The molecule has 2 aliphatic rings. The number of nitrogens with zero attached hydrogens (tertiary/aromatic N) is 1. The van der Waals surface area contributed by atoms with Crippen molar-refractivity contribution in [3.05, 3.63) is 0 Å². The third-order valence-corrected chi connectivity index (χ3v) is 5.09. The van der Waals surface area contributed by atoms with Gasteiger partial charge < -0.3 is 10.6 Å². The molecule has 1 heterocycles. The molecule has 4 nitrogen and oxygen atoms in total. The van der Waals surface area contributed by atoms with Crippen LogP contribution in [0, 0.1) is 0 Å². The molecule has 1 saturated heterocycles. The van der Waals surface area contributed by atoms with E-state index in [9.17, 15) is 4.79 Å². The van der Waals surface area contributed by atoms with Gasteiger partial charge in [0.25, 0.3) is 0 Å². The van der Waals surface area contributed by atoms with E-state index < -0.39 is 0 Å². The number of carbonyl (C=O) groups is 1. The molecule has 21 heavy (non-hydrogen) atoms. The van der Waals surface area contributed by atoms with Gasteiger partial charge in [0.15, 0.2) is 0 Å². The van der Waals surface area contributed by atoms with Crippen molar-refractivity contribution in [2.45, 2.75) is 89.9 Å². The molecule has 122 valence electrons. The van der Waals surface area contributed by atoms with Crippen molar-refractivity contribution in [2.75, 3.05) is 13.1 Å². The monoisotopic (exact) mass is 295 g/mol. The lowest BCUT2D eigenvalue weighted by atomic mass is 9.95. The smallest absolute Gasteiger partial charge is 0.237 e. The second-order valence-corrected chi connectivity index (χ2v) is 7.10. The molecule has 4 heteroatoms. The Labute approximate surface area is 130 Å². The second-order valence-electron chi connectivity index (χ2n) is 7.10. The molecule has 1 aliphatic heterocycles. The van der Waals surface area contributed by atoms with Crippen molar-refractivity contribution >= 4 is 5.91 Å². The molecule has 0 aromatic heterocycles. The number of nitrogens with one attached hydrogen (secondary N) is 2. The summed E-state index contributed by atoms with van der Waals surface area (Å²) in [6.07, 6.45) is 8.67. The van der Waals surface area contributed by atoms with E-state index in [4.69, 9.17) is 0 Å². The van der Waals surface area contributed by atoms with Crippen LogP contribution in [0.5, 0.6) is 0 Å². The van der Waals surface area contributed by atoms with Crippen LogP contribution in [-0.4, -0.2) is 48.1 Å². The van der Waals surface area contributed by atoms with Crippen molar-refractivity contribution < 1.29 is 4.79 Å². The molecule has 0 bridgehead atoms. The van der Waals surface area contributed by atoms with Gasteiger partial charge in [-0.3, -0.25) is 9.69 Å². The molecule has 2 fully saturated rings. The Morgan fingerprint density at radius 2 is 1.86 bits per heavy atom. The summed E-state index contributed by atoms with van der Waals surface area (Å²) in [5, 5.41) is 6.82. The van der Waals surface area contributed by atoms with Crippen molar-refractivity contribution in [1.82, 2.24) is 15.5 Å². The van der Waals surface area contributed by atoms with Gasteiger partial charge >= 0.3 is 0 Å². The highest BCUT2D eigenvalue weighted by Crippen LogP contribution is 2.18. The number of carbonyl (C=O) groups excluding carboxylic acids is 1. The van der Waals surface area contributed by atoms with E-state index in [0.29, 0.717) is 18.1 Å². The summed E-state index contributed by atoms with van der Waals surface area (Å²) < 4.78 is 0. The molecule has 1 saturated carbocycles. The highest BCUT2D eigenvalue weighted by molar-refractivity contribution is 5.81. The lowest BCUT2D eigenvalue weighted by Gasteiger charge is -2.35. The molecule has 2 rings (SSSR count). The van der Waals surface area contributed by atoms with Gasteiger partial charge in [-0.25, -0.2) is 0 Å². The molecule has 2 N–H and O–H groups in total. The van der Waals surface area contributed by atoms with E-state index in [1.807, 2.05) is 0 Å². The minimum absolute atomic E-state index is 0.0330. The van der Waals surface area contributed by atoms with Crippen LogP contribution < -0.4 is 10.6 Å². The van der Waals surface area contributed by atoms with Gasteiger partial charge in [-0.15, -0.1) is 0 Å². The Bertz CT molecular complexity index is 320. The van der Waals surface area contributed by atoms with Crippen molar-refractivity contribution in [1.29, 1.82) is 0 Å². The topological polar surface area (TPSA) is 44.4 Å². The summed E-state index contributed by atoms with van der Waals surface area (Å²) in [5.41, 5.74) is 0. The molecular formula is C17H33N3O. The minimum atomic E-state index is -0.0330. The Balaban J connectivity index is 1.86. The predicted molar refractivity (Wildman–Crippen MR) is 87.3 cm³/mol. The van der Waals surface area contributed by atoms with Gasteiger partial charge in [0.05, 0.1) is 6.04 Å². The molecule has 0 aromatic carbocycles. The maximum absolute atomic E-state index is 12.6. The summed E-state index contributed by atoms with van der Waals surface area (Å²) in [6, 6.07) is 1.33. The Morgan fingerprint density at radius 1 is 1.14 bits per heavy atom. The van der Waals surface area contributed by atoms with E-state index >= 15 is 0 Å². The minimum Gasteiger partial charge on any atom is -0.352 e. The van der Waals surface area contributed by atoms with Crippen molar-refractivity contribution in [3.8, 4) is 0 Å². The first-order valence-corrected chi connectivity index (χ1v) is 8.87. The number of amides is 1. The Hall–Kier alpha value is -0.610. The lowest BCUT2D eigenvalue weighted by molar-refractivity contribution is -0.127. The maximum atomic E-state index is 12.6. The van der Waals surface area contributed by atoms with Gasteiger partial charge in [-0.1, -0.05) is 19.3 Å². The zero-order valence-corrected chi connectivity index (χ0v) is 14.0. The number of hydrogen-bond donors (Lipinski definition) is 2. The summed E-state index contributed by atoms with van der Waals surface area (Å²) in [5.74, 6) is 0.216. The van der Waals surface area contributed by atoms with Gasteiger partial charge in [0.1, 0.15) is 0 Å². The van der Waals surface area contributed by atoms with Gasteiger partial charge in [-0.05, 0) is 53.0 Å². The third-order valence-electron chi connectivity index (χ3n) is 5.09. The van der Waals surface area contributed by atoms with E-state index in [2.05, 4.69) is 36.3 Å². The summed E-state index contributed by atoms with van der Waals surface area (Å²) in [7, 11) is 0. The summed E-state index contributed by atoms with van der Waals surface area (Å²) in [6.45, 7) is 8.56. The van der Waals surface area contributed by atoms with Crippen molar-refractivity contribution in [2.24, 2.45) is 0 Å². The molecule has 1 amide bonds. The highest BCUT2D eigenvalue weighted by Gasteiger charge is 2.28. The first kappa shape index (κ1) is 16.8. The van der Waals surface area contributed by atoms with Crippen LogP contribution >= 0.6 is 0 Å². The quantitative estimate of drug-likeness (QED) is 0.790. The highest BCUT2D eigenvalue weighted by atomic mass is 16.2. The zero-order chi connectivity index (χ0) is 15.2. The van der Waals surface area contributed by atoms with E-state index in [-0.39, 0.29) is 11.9 Å². The molecular weight excluding hydrogens is 262 g/mol. The average Bonchev–Trinajstić information content (AvgIpc) is 2.98. The van der Waals surface area contributed by atoms with Crippen LogP contribution in [-0.2, 0) is 4.79 Å². The number of hydrogen-bond acceptors (Lipinski definition) is 3. The summed E-state index contributed by atoms with van der Waals surface area (Å²) in [4.78, 5) is 14.9. The van der Waals surface area contributed by atoms with E-state index in [1.165, 1.54) is 32.1 Å². The molecule has 0 aromatic rings. The van der Waals surface area contributed by atoms with Gasteiger partial charge in [0.2, 0.25) is 5.91 Å². The first-order chi connectivity index (χ1) is 10.1. The van der Waals surface area contributed by atoms with Crippen LogP contribution in [0.1, 0.15) is 65.7 Å². The molecule has 0 radical (unpaired) electrons. The Morgan fingerprint density at radius 3 is 2.43 bits per heavy atom. The summed E-state index contributed by atoms with van der Waals surface area (Å²) >= 11 is 0. The normalized spacial score (nSPS) is 25.5. The number of rotatable bonds is 6. The molecule has 1 aliphatic carbocycles. The fourth-order valence-corrected chi connectivity index (χ4v) is 3.70. The average molecular weight is 295 g/mol. The van der Waals surface area contributed by atoms with Crippen LogP contribution in [0.4, 0.5) is 0 Å². The van der Waals surface area contributed by atoms with Crippen LogP contribution in [0.3, 0.4) is 0 Å².